The summed E-state index contributed by atoms with van der Waals surface area (Å²) >= 11 is 0. The lowest BCUT2D eigenvalue weighted by molar-refractivity contribution is -0.116. The van der Waals surface area contributed by atoms with Gasteiger partial charge in [0, 0.05) is 18.2 Å². The first kappa shape index (κ1) is 19.0. The summed E-state index contributed by atoms with van der Waals surface area (Å²) in [6.45, 7) is 0.550. The van der Waals surface area contributed by atoms with Gasteiger partial charge in [-0.3, -0.25) is 9.10 Å². The number of amides is 1. The number of nitrogens with one attached hydrogen (secondary N) is 1. The van der Waals surface area contributed by atoms with Gasteiger partial charge in [0.15, 0.2) is 0 Å². The van der Waals surface area contributed by atoms with Gasteiger partial charge >= 0.3 is 0 Å². The molecule has 1 amide bonds. The molecule has 1 N–H and O–H groups in total. The molecule has 0 spiro atoms. The van der Waals surface area contributed by atoms with Crippen molar-refractivity contribution in [3.05, 3.63) is 48.0 Å². The summed E-state index contributed by atoms with van der Waals surface area (Å²) in [5.41, 5.74) is 2.10. The van der Waals surface area contributed by atoms with Gasteiger partial charge in [0.1, 0.15) is 18.1 Å². The average molecular weight is 390 g/mol. The standard InChI is InChI=1S/C19H22N2O5S/c1-25-16-7-3-14(4-8-16)5-10-19(22)20-15-6-9-17-18(13-15)26-12-11-21(17)27(2,23)24/h3-4,6-9,13H,5,10-12H2,1-2H3,(H,20,22). The Morgan fingerprint density at radius 3 is 2.63 bits per heavy atom. The largest absolute Gasteiger partial charge is 0.497 e. The van der Waals surface area contributed by atoms with E-state index in [0.717, 1.165) is 17.6 Å². The maximum Gasteiger partial charge on any atom is 0.232 e. The van der Waals surface area contributed by atoms with Crippen molar-refractivity contribution in [1.82, 2.24) is 0 Å². The number of carbonyl (C=O) groups is 1. The zero-order valence-electron chi connectivity index (χ0n) is 15.3. The van der Waals surface area contributed by atoms with Gasteiger partial charge in [-0.1, -0.05) is 12.1 Å². The Bertz CT molecular complexity index is 926. The first-order chi connectivity index (χ1) is 12.9. The third kappa shape index (κ3) is 4.71. The lowest BCUT2D eigenvalue weighted by Crippen LogP contribution is -2.37. The highest BCUT2D eigenvalue weighted by molar-refractivity contribution is 7.92. The van der Waals surface area contributed by atoms with E-state index in [1.165, 1.54) is 4.31 Å². The maximum absolute atomic E-state index is 12.2. The molecule has 0 bridgehead atoms. The molecule has 7 nitrogen and oxygen atoms in total. The Balaban J connectivity index is 1.63. The molecule has 0 atom stereocenters. The molecule has 0 aromatic heterocycles. The van der Waals surface area contributed by atoms with E-state index in [1.54, 1.807) is 25.3 Å². The number of carbonyl (C=O) groups excluding carboxylic acids is 1. The first-order valence-corrected chi connectivity index (χ1v) is 10.4. The highest BCUT2D eigenvalue weighted by Crippen LogP contribution is 2.35. The van der Waals surface area contributed by atoms with Gasteiger partial charge in [-0.15, -0.1) is 0 Å². The molecule has 3 rings (SSSR count). The number of hydrogen-bond donors (Lipinski definition) is 1. The zero-order chi connectivity index (χ0) is 19.4. The van der Waals surface area contributed by atoms with Crippen LogP contribution in [0.4, 0.5) is 11.4 Å². The predicted octanol–water partition coefficient (Wildman–Crippen LogP) is 2.42. The van der Waals surface area contributed by atoms with Crippen molar-refractivity contribution >= 4 is 27.3 Å². The third-order valence-corrected chi connectivity index (χ3v) is 5.44. The van der Waals surface area contributed by atoms with E-state index in [2.05, 4.69) is 5.32 Å². The number of nitrogens with zero attached hydrogens (tertiary/aromatic N) is 1. The number of ether oxygens (including phenoxy) is 2. The molecule has 1 aliphatic heterocycles. The highest BCUT2D eigenvalue weighted by atomic mass is 32.2. The Labute approximate surface area is 158 Å². The molecule has 1 heterocycles. The number of benzene rings is 2. The van der Waals surface area contributed by atoms with E-state index in [0.29, 0.717) is 30.0 Å². The van der Waals surface area contributed by atoms with E-state index in [4.69, 9.17) is 9.47 Å². The smallest absolute Gasteiger partial charge is 0.232 e. The van der Waals surface area contributed by atoms with E-state index in [1.807, 2.05) is 24.3 Å². The van der Waals surface area contributed by atoms with E-state index >= 15 is 0 Å². The second-order valence-electron chi connectivity index (χ2n) is 6.26. The SMILES string of the molecule is COc1ccc(CCC(=O)Nc2ccc3c(c2)OCCN3S(C)(=O)=O)cc1. The summed E-state index contributed by atoms with van der Waals surface area (Å²) in [5.74, 6) is 1.10. The molecular weight excluding hydrogens is 368 g/mol. The lowest BCUT2D eigenvalue weighted by atomic mass is 10.1. The molecule has 2 aromatic rings. The summed E-state index contributed by atoms with van der Waals surface area (Å²) in [5, 5.41) is 2.83. The van der Waals surface area contributed by atoms with Gasteiger partial charge in [0.25, 0.3) is 0 Å². The predicted molar refractivity (Wildman–Crippen MR) is 104 cm³/mol. The quantitative estimate of drug-likeness (QED) is 0.819. The molecule has 2 aromatic carbocycles. The topological polar surface area (TPSA) is 84.9 Å². The number of rotatable bonds is 6. The van der Waals surface area contributed by atoms with E-state index < -0.39 is 10.0 Å². The lowest BCUT2D eigenvalue weighted by Gasteiger charge is -2.29. The van der Waals surface area contributed by atoms with Crippen LogP contribution in [-0.2, 0) is 21.2 Å². The normalized spacial score (nSPS) is 13.5. The number of methoxy groups -OCH3 is 1. The van der Waals surface area contributed by atoms with Gasteiger partial charge in [-0.25, -0.2) is 8.42 Å². The van der Waals surface area contributed by atoms with Crippen LogP contribution < -0.4 is 19.1 Å². The van der Waals surface area contributed by atoms with Crippen LogP contribution in [0, 0.1) is 0 Å². The summed E-state index contributed by atoms with van der Waals surface area (Å²) in [7, 11) is -1.75. The fourth-order valence-electron chi connectivity index (χ4n) is 2.89. The van der Waals surface area contributed by atoms with Crippen LogP contribution in [0.1, 0.15) is 12.0 Å². The average Bonchev–Trinajstić information content (AvgIpc) is 2.65. The number of anilines is 2. The van der Waals surface area contributed by atoms with E-state index in [-0.39, 0.29) is 19.1 Å². The number of hydrogen-bond acceptors (Lipinski definition) is 5. The van der Waals surface area contributed by atoms with Crippen LogP contribution in [-0.4, -0.2) is 40.8 Å². The van der Waals surface area contributed by atoms with Crippen LogP contribution in [0.3, 0.4) is 0 Å². The molecule has 8 heteroatoms. The summed E-state index contributed by atoms with van der Waals surface area (Å²) in [4.78, 5) is 12.2. The minimum Gasteiger partial charge on any atom is -0.497 e. The summed E-state index contributed by atoms with van der Waals surface area (Å²) < 4.78 is 35.7. The first-order valence-electron chi connectivity index (χ1n) is 8.54. The van der Waals surface area contributed by atoms with Gasteiger partial charge in [0.2, 0.25) is 15.9 Å². The molecule has 27 heavy (non-hydrogen) atoms. The van der Waals surface area contributed by atoms with Gasteiger partial charge in [-0.05, 0) is 36.2 Å². The van der Waals surface area contributed by atoms with Crippen molar-refractivity contribution < 1.29 is 22.7 Å². The zero-order valence-corrected chi connectivity index (χ0v) is 16.1. The van der Waals surface area contributed by atoms with E-state index in [9.17, 15) is 13.2 Å². The second-order valence-corrected chi connectivity index (χ2v) is 8.17. The molecule has 0 fully saturated rings. The molecule has 0 aliphatic carbocycles. The minimum atomic E-state index is -3.36. The van der Waals surface area contributed by atoms with Crippen molar-refractivity contribution in [2.45, 2.75) is 12.8 Å². The van der Waals surface area contributed by atoms with Crippen LogP contribution in [0.5, 0.6) is 11.5 Å². The highest BCUT2D eigenvalue weighted by Gasteiger charge is 2.25. The van der Waals surface area contributed by atoms with Crippen LogP contribution in [0.25, 0.3) is 0 Å². The van der Waals surface area contributed by atoms with Gasteiger partial charge in [-0.2, -0.15) is 0 Å². The Morgan fingerprint density at radius 1 is 1.22 bits per heavy atom. The fraction of sp³-hybridized carbons (Fsp3) is 0.316. The molecule has 144 valence electrons. The monoisotopic (exact) mass is 390 g/mol. The van der Waals surface area contributed by atoms with Crippen LogP contribution in [0.15, 0.2) is 42.5 Å². The van der Waals surface area contributed by atoms with Crippen molar-refractivity contribution in [1.29, 1.82) is 0 Å². The molecule has 0 radical (unpaired) electrons. The van der Waals surface area contributed by atoms with Crippen molar-refractivity contribution in [3.8, 4) is 11.5 Å². The molecular formula is C19H22N2O5S. The molecule has 0 saturated carbocycles. The number of aryl methyl sites for hydroxylation is 1. The number of fused-ring (bicyclic) bond motifs is 1. The van der Waals surface area contributed by atoms with Gasteiger partial charge in [0.05, 0.1) is 25.6 Å². The second kappa shape index (κ2) is 7.87. The van der Waals surface area contributed by atoms with Gasteiger partial charge < -0.3 is 14.8 Å². The van der Waals surface area contributed by atoms with Crippen molar-refractivity contribution in [2.24, 2.45) is 0 Å². The van der Waals surface area contributed by atoms with Crippen molar-refractivity contribution in [2.75, 3.05) is 36.1 Å². The Morgan fingerprint density at radius 2 is 1.96 bits per heavy atom. The fourth-order valence-corrected chi connectivity index (χ4v) is 3.80. The Hall–Kier alpha value is -2.74. The molecule has 0 unspecified atom stereocenters. The number of sulfonamides is 1. The molecule has 0 saturated heterocycles. The third-order valence-electron chi connectivity index (χ3n) is 4.26. The Kier molecular flexibility index (Phi) is 5.55. The van der Waals surface area contributed by atoms with Crippen LogP contribution in [0.2, 0.25) is 0 Å². The maximum atomic E-state index is 12.2. The van der Waals surface area contributed by atoms with Crippen molar-refractivity contribution in [3.63, 3.8) is 0 Å². The molecule has 1 aliphatic rings. The van der Waals surface area contributed by atoms with Crippen LogP contribution >= 0.6 is 0 Å². The summed E-state index contributed by atoms with van der Waals surface area (Å²) in [6.07, 6.45) is 2.11. The summed E-state index contributed by atoms with van der Waals surface area (Å²) in [6, 6.07) is 12.6. The minimum absolute atomic E-state index is 0.124.